The molecule has 0 radical (unpaired) electrons. The van der Waals surface area contributed by atoms with Crippen LogP contribution in [0.15, 0.2) is 40.8 Å². The largest absolute Gasteiger partial charge is 0.477 e. The van der Waals surface area contributed by atoms with Crippen molar-refractivity contribution in [1.82, 2.24) is 14.5 Å². The molecule has 0 amide bonds. The molecule has 0 aliphatic carbocycles. The third-order valence-corrected chi connectivity index (χ3v) is 7.14. The fraction of sp³-hybridized carbons (Fsp3) is 0.375. The molecule has 1 atom stereocenters. The van der Waals surface area contributed by atoms with E-state index < -0.39 is 11.4 Å². The lowest BCUT2D eigenvalue weighted by atomic mass is 9.91. The zero-order valence-corrected chi connectivity index (χ0v) is 19.5. The first-order valence-corrected chi connectivity index (χ1v) is 12.0. The Hall–Kier alpha value is -3.37. The SMILES string of the molecule is Cc1cc(N2CC(C(=O)CCC3CC=CCO3)C2)nc2c1c(=O)c(C(=O)O)cn2-c1nccs1. The molecular weight excluding hydrogens is 456 g/mol. The first-order chi connectivity index (χ1) is 16.4. The quantitative estimate of drug-likeness (QED) is 0.514. The van der Waals surface area contributed by atoms with Gasteiger partial charge < -0.3 is 14.7 Å². The molecule has 10 heteroatoms. The third-order valence-electron chi connectivity index (χ3n) is 6.37. The number of carbonyl (C=O) groups is 2. The molecule has 34 heavy (non-hydrogen) atoms. The lowest BCUT2D eigenvalue weighted by Gasteiger charge is -2.39. The van der Waals surface area contributed by atoms with Gasteiger partial charge in [-0.2, -0.15) is 0 Å². The molecule has 9 nitrogen and oxygen atoms in total. The fourth-order valence-corrected chi connectivity index (χ4v) is 5.04. The van der Waals surface area contributed by atoms with Gasteiger partial charge in [0.05, 0.1) is 24.0 Å². The summed E-state index contributed by atoms with van der Waals surface area (Å²) in [6, 6.07) is 1.78. The maximum Gasteiger partial charge on any atom is 0.341 e. The van der Waals surface area contributed by atoms with Crippen LogP contribution in [0, 0.1) is 12.8 Å². The number of carboxylic acids is 1. The molecule has 2 aliphatic rings. The number of rotatable bonds is 7. The average molecular weight is 481 g/mol. The lowest BCUT2D eigenvalue weighted by Crippen LogP contribution is -2.51. The number of hydrogen-bond donors (Lipinski definition) is 1. The second-order valence-electron chi connectivity index (χ2n) is 8.63. The highest BCUT2D eigenvalue weighted by Crippen LogP contribution is 2.29. The average Bonchev–Trinajstić information content (AvgIpc) is 3.32. The monoisotopic (exact) mass is 480 g/mol. The zero-order chi connectivity index (χ0) is 23.8. The Kier molecular flexibility index (Phi) is 6.01. The van der Waals surface area contributed by atoms with Gasteiger partial charge in [0.25, 0.3) is 0 Å². The summed E-state index contributed by atoms with van der Waals surface area (Å²) in [5, 5.41) is 12.1. The number of aromatic nitrogens is 3. The summed E-state index contributed by atoms with van der Waals surface area (Å²) in [6.07, 6.45) is 9.21. The van der Waals surface area contributed by atoms with Gasteiger partial charge in [0.1, 0.15) is 17.2 Å². The topological polar surface area (TPSA) is 115 Å². The molecule has 1 unspecified atom stereocenters. The van der Waals surface area contributed by atoms with E-state index in [4.69, 9.17) is 9.72 Å². The van der Waals surface area contributed by atoms with Crippen LogP contribution < -0.4 is 10.3 Å². The van der Waals surface area contributed by atoms with Crippen molar-refractivity contribution < 1.29 is 19.4 Å². The van der Waals surface area contributed by atoms with Gasteiger partial charge in [0.15, 0.2) is 10.8 Å². The van der Waals surface area contributed by atoms with Gasteiger partial charge in [0.2, 0.25) is 5.43 Å². The molecule has 0 bridgehead atoms. The van der Waals surface area contributed by atoms with Crippen LogP contribution in [0.2, 0.25) is 0 Å². The maximum absolute atomic E-state index is 12.9. The Bertz CT molecular complexity index is 1340. The molecule has 0 spiro atoms. The van der Waals surface area contributed by atoms with Crippen LogP contribution >= 0.6 is 11.3 Å². The van der Waals surface area contributed by atoms with Crippen LogP contribution in [0.25, 0.3) is 16.2 Å². The van der Waals surface area contributed by atoms with Crippen LogP contribution in [-0.2, 0) is 9.53 Å². The molecule has 1 fully saturated rings. The van der Waals surface area contributed by atoms with Crippen LogP contribution in [-0.4, -0.2) is 57.2 Å². The molecule has 5 heterocycles. The summed E-state index contributed by atoms with van der Waals surface area (Å²) in [5.41, 5.74) is 0.101. The Morgan fingerprint density at radius 3 is 2.79 bits per heavy atom. The number of hydrogen-bond acceptors (Lipinski definition) is 8. The molecule has 3 aromatic heterocycles. The number of aryl methyl sites for hydroxylation is 1. The van der Waals surface area contributed by atoms with E-state index in [1.54, 1.807) is 29.1 Å². The third kappa shape index (κ3) is 4.14. The van der Waals surface area contributed by atoms with Crippen molar-refractivity contribution in [2.75, 3.05) is 24.6 Å². The number of ketones is 1. The van der Waals surface area contributed by atoms with Crippen molar-refractivity contribution in [3.8, 4) is 5.13 Å². The molecule has 5 rings (SSSR count). The van der Waals surface area contributed by atoms with Crippen molar-refractivity contribution in [3.63, 3.8) is 0 Å². The van der Waals surface area contributed by atoms with Gasteiger partial charge in [-0.15, -0.1) is 11.3 Å². The van der Waals surface area contributed by atoms with Crippen molar-refractivity contribution in [1.29, 1.82) is 0 Å². The predicted molar refractivity (Wildman–Crippen MR) is 128 cm³/mol. The van der Waals surface area contributed by atoms with E-state index in [2.05, 4.69) is 11.1 Å². The number of aromatic carboxylic acids is 1. The highest BCUT2D eigenvalue weighted by atomic mass is 32.1. The number of fused-ring (bicyclic) bond motifs is 1. The van der Waals surface area contributed by atoms with Crippen LogP contribution in [0.5, 0.6) is 0 Å². The van der Waals surface area contributed by atoms with Crippen molar-refractivity contribution >= 4 is 39.9 Å². The normalized spacial score (nSPS) is 18.3. The minimum absolute atomic E-state index is 0.0486. The number of nitrogens with zero attached hydrogens (tertiary/aromatic N) is 4. The van der Waals surface area contributed by atoms with Gasteiger partial charge in [-0.1, -0.05) is 12.2 Å². The van der Waals surface area contributed by atoms with Gasteiger partial charge >= 0.3 is 5.97 Å². The second-order valence-corrected chi connectivity index (χ2v) is 9.50. The minimum Gasteiger partial charge on any atom is -0.477 e. The zero-order valence-electron chi connectivity index (χ0n) is 18.6. The van der Waals surface area contributed by atoms with Crippen molar-refractivity contribution in [3.05, 3.63) is 57.3 Å². The van der Waals surface area contributed by atoms with E-state index in [0.29, 0.717) is 48.3 Å². The Morgan fingerprint density at radius 1 is 1.29 bits per heavy atom. The summed E-state index contributed by atoms with van der Waals surface area (Å²) in [5.74, 6) is -0.452. The van der Waals surface area contributed by atoms with E-state index in [1.165, 1.54) is 17.5 Å². The molecule has 1 saturated heterocycles. The first-order valence-electron chi connectivity index (χ1n) is 11.2. The number of pyridine rings is 2. The number of Topliss-reactive ketones (excluding diaryl/α,β-unsaturated/α-hetero) is 1. The molecule has 1 N–H and O–H groups in total. The number of thiazole rings is 1. The highest BCUT2D eigenvalue weighted by molar-refractivity contribution is 7.12. The minimum atomic E-state index is -1.29. The van der Waals surface area contributed by atoms with Gasteiger partial charge in [-0.05, 0) is 31.4 Å². The summed E-state index contributed by atoms with van der Waals surface area (Å²) >= 11 is 1.32. The maximum atomic E-state index is 12.9. The van der Waals surface area contributed by atoms with Crippen molar-refractivity contribution in [2.24, 2.45) is 5.92 Å². The fourth-order valence-electron chi connectivity index (χ4n) is 4.43. The smallest absolute Gasteiger partial charge is 0.341 e. The Balaban J connectivity index is 1.39. The molecule has 176 valence electrons. The number of carboxylic acid groups (broad SMARTS) is 1. The molecule has 2 aliphatic heterocycles. The molecule has 0 aromatic carbocycles. The number of carbonyl (C=O) groups excluding carboxylic acids is 1. The highest BCUT2D eigenvalue weighted by Gasteiger charge is 2.34. The van der Waals surface area contributed by atoms with E-state index >= 15 is 0 Å². The van der Waals surface area contributed by atoms with Crippen LogP contribution in [0.4, 0.5) is 5.82 Å². The van der Waals surface area contributed by atoms with E-state index in [1.807, 2.05) is 11.0 Å². The second kappa shape index (κ2) is 9.11. The van der Waals surface area contributed by atoms with Crippen LogP contribution in [0.3, 0.4) is 0 Å². The summed E-state index contributed by atoms with van der Waals surface area (Å²) in [6.45, 7) is 3.52. The van der Waals surface area contributed by atoms with E-state index in [9.17, 15) is 19.5 Å². The molecule has 0 saturated carbocycles. The number of anilines is 1. The van der Waals surface area contributed by atoms with E-state index in [0.717, 1.165) is 12.8 Å². The number of ether oxygens (including phenoxy) is 1. The Morgan fingerprint density at radius 2 is 2.12 bits per heavy atom. The molecule has 3 aromatic rings. The summed E-state index contributed by atoms with van der Waals surface area (Å²) in [7, 11) is 0. The van der Waals surface area contributed by atoms with Gasteiger partial charge in [-0.3, -0.25) is 14.2 Å². The summed E-state index contributed by atoms with van der Waals surface area (Å²) in [4.78, 5) is 48.2. The predicted octanol–water partition coefficient (Wildman–Crippen LogP) is 2.98. The van der Waals surface area contributed by atoms with E-state index in [-0.39, 0.29) is 28.8 Å². The van der Waals surface area contributed by atoms with Gasteiger partial charge in [0, 0.05) is 37.3 Å². The Labute approximate surface area is 199 Å². The van der Waals surface area contributed by atoms with Crippen molar-refractivity contribution in [2.45, 2.75) is 32.3 Å². The van der Waals surface area contributed by atoms with Crippen LogP contribution in [0.1, 0.15) is 35.2 Å². The molecular formula is C24H24N4O5S. The van der Waals surface area contributed by atoms with Gasteiger partial charge in [-0.25, -0.2) is 14.8 Å². The lowest BCUT2D eigenvalue weighted by molar-refractivity contribution is -0.124. The standard InChI is InChI=1S/C24H24N4O5S/c1-14-10-19(27-11-15(12-27)18(29)6-5-16-4-2-3-8-33-16)26-22-20(14)21(30)17(23(31)32)13-28(22)24-25-7-9-34-24/h2-3,7,9-10,13,15-16H,4-6,8,11-12H2,1H3,(H,31,32). The first kappa shape index (κ1) is 22.4. The summed E-state index contributed by atoms with van der Waals surface area (Å²) < 4.78 is 7.21.